The molecule has 0 spiro atoms. The van der Waals surface area contributed by atoms with Gasteiger partial charge >= 0.3 is 0 Å². The number of unbranched alkanes of at least 4 members (excludes halogenated alkanes) is 1. The van der Waals surface area contributed by atoms with Gasteiger partial charge in [-0.05, 0) is 69.6 Å². The first-order chi connectivity index (χ1) is 16.9. The predicted molar refractivity (Wildman–Crippen MR) is 155 cm³/mol. The van der Waals surface area contributed by atoms with Crippen molar-refractivity contribution in [2.45, 2.75) is 97.6 Å². The van der Waals surface area contributed by atoms with Crippen LogP contribution < -0.4 is 10.6 Å². The third kappa shape index (κ3) is 7.57. The number of rotatable bonds is 11. The highest BCUT2D eigenvalue weighted by Gasteiger charge is 2.30. The Bertz CT molecular complexity index is 1050. The number of aliphatic imine (C=N–C) groups is 1. The summed E-state index contributed by atoms with van der Waals surface area (Å²) in [5, 5.41) is 6.56. The van der Waals surface area contributed by atoms with E-state index in [1.54, 1.807) is 0 Å². The van der Waals surface area contributed by atoms with Gasteiger partial charge in [0.15, 0.2) is 0 Å². The molecule has 3 rings (SSSR count). The first kappa shape index (κ1) is 29.4. The molecule has 2 heterocycles. The first-order valence-electron chi connectivity index (χ1n) is 13.5. The summed E-state index contributed by atoms with van der Waals surface area (Å²) < 4.78 is 2.00. The Morgan fingerprint density at radius 1 is 1.28 bits per heavy atom. The van der Waals surface area contributed by atoms with E-state index in [-0.39, 0.29) is 19.8 Å². The van der Waals surface area contributed by atoms with Crippen molar-refractivity contribution >= 4 is 11.7 Å². The molecule has 1 aromatic carbocycles. The Labute approximate surface area is 220 Å². The molecular weight excluding hydrogens is 448 g/mol. The number of allylic oxidation sites excluding steroid dienone is 1. The number of carbonyl (C=O) groups is 1. The number of carbonyl (C=O) groups excluding carboxylic acids is 1. The summed E-state index contributed by atoms with van der Waals surface area (Å²) in [5.41, 5.74) is 4.18. The summed E-state index contributed by atoms with van der Waals surface area (Å²) in [6.07, 6.45) is 13.8. The van der Waals surface area contributed by atoms with Crippen LogP contribution in [0.1, 0.15) is 110 Å². The van der Waals surface area contributed by atoms with E-state index in [0.29, 0.717) is 18.0 Å². The van der Waals surface area contributed by atoms with E-state index in [2.05, 4.69) is 62.6 Å². The van der Waals surface area contributed by atoms with Crippen molar-refractivity contribution in [1.29, 1.82) is 0 Å². The van der Waals surface area contributed by atoms with Crippen molar-refractivity contribution in [3.05, 3.63) is 71.2 Å². The van der Waals surface area contributed by atoms with Crippen LogP contribution in [0, 0.1) is 0 Å². The highest BCUT2D eigenvalue weighted by atomic mass is 16.1. The minimum atomic E-state index is -0.231. The van der Waals surface area contributed by atoms with E-state index >= 15 is 0 Å². The molecule has 202 valence electrons. The van der Waals surface area contributed by atoms with Gasteiger partial charge in [-0.25, -0.2) is 0 Å². The monoisotopic (exact) mass is 498 g/mol. The Morgan fingerprint density at radius 2 is 2.08 bits per heavy atom. The number of hydrogen-bond acceptors (Lipinski definition) is 3. The van der Waals surface area contributed by atoms with E-state index in [4.69, 9.17) is 4.99 Å². The van der Waals surface area contributed by atoms with Crippen LogP contribution >= 0.6 is 0 Å². The molecule has 4 N–H and O–H groups in total. The van der Waals surface area contributed by atoms with Gasteiger partial charge in [-0.1, -0.05) is 57.0 Å². The van der Waals surface area contributed by atoms with Crippen molar-refractivity contribution in [3.8, 4) is 0 Å². The van der Waals surface area contributed by atoms with Crippen LogP contribution in [0.2, 0.25) is 0 Å². The van der Waals surface area contributed by atoms with Crippen molar-refractivity contribution in [2.24, 2.45) is 4.99 Å². The maximum atomic E-state index is 12.5. The second-order valence-electron chi connectivity index (χ2n) is 9.91. The zero-order chi connectivity index (χ0) is 25.3. The second kappa shape index (κ2) is 14.0. The maximum absolute atomic E-state index is 12.5. The van der Waals surface area contributed by atoms with Crippen LogP contribution in [-0.2, 0) is 12.1 Å². The smallest absolute Gasteiger partial charge is 0.253 e. The van der Waals surface area contributed by atoms with Crippen LogP contribution in [0.3, 0.4) is 0 Å². The van der Waals surface area contributed by atoms with Crippen LogP contribution in [0.25, 0.3) is 0 Å². The Balaban J connectivity index is 0.00000456. The summed E-state index contributed by atoms with van der Waals surface area (Å²) in [6, 6.07) is 11.0. The second-order valence-corrected chi connectivity index (χ2v) is 9.91. The normalized spacial score (nSPS) is 18.7. The Kier molecular flexibility index (Phi) is 11.4. The minimum Gasteiger partial charge on any atom is -0.412 e. The predicted octanol–water partition coefficient (Wildman–Crippen LogP) is 6.58. The zero-order valence-electron chi connectivity index (χ0n) is 22.9. The first-order valence-corrected chi connectivity index (χ1v) is 13.5. The molecule has 0 fully saturated rings. The molecule has 1 amide bonds. The lowest BCUT2D eigenvalue weighted by atomic mass is 9.82. The van der Waals surface area contributed by atoms with E-state index in [0.717, 1.165) is 37.3 Å². The van der Waals surface area contributed by atoms with Gasteiger partial charge in [0.1, 0.15) is 5.84 Å². The van der Waals surface area contributed by atoms with Crippen LogP contribution in [-0.4, -0.2) is 28.3 Å². The van der Waals surface area contributed by atoms with Crippen LogP contribution in [0.4, 0.5) is 0 Å². The number of amides is 1. The lowest BCUT2D eigenvalue weighted by Gasteiger charge is -2.32. The van der Waals surface area contributed by atoms with E-state index in [1.165, 1.54) is 36.8 Å². The van der Waals surface area contributed by atoms with Gasteiger partial charge in [0.25, 0.3) is 5.91 Å². The van der Waals surface area contributed by atoms with E-state index in [1.807, 2.05) is 36.0 Å². The van der Waals surface area contributed by atoms with Gasteiger partial charge in [0.2, 0.25) is 0 Å². The summed E-state index contributed by atoms with van der Waals surface area (Å²) in [7, 11) is 0. The third-order valence-corrected chi connectivity index (χ3v) is 7.31. The molecule has 1 aromatic heterocycles. The van der Waals surface area contributed by atoms with Gasteiger partial charge in [0.05, 0.1) is 17.6 Å². The number of aromatic nitrogens is 1. The van der Waals surface area contributed by atoms with Crippen LogP contribution in [0.5, 0.6) is 0 Å². The zero-order valence-corrected chi connectivity index (χ0v) is 22.9. The molecule has 6 heteroatoms. The number of nitrogens with zero attached hydrogens (tertiary/aromatic N) is 2. The number of nitrogens with one attached hydrogen (secondary N) is 2. The average Bonchev–Trinajstić information content (AvgIpc) is 3.37. The standard InChI is InChI=1S/C30H44N4O.H2O.2H2/c1-6-10-13-23(7-2)24-14-11-15-26(20-24)30(5)18-12-16-28(33-30)32-27(8-3)21-31-29(35)25-17-19-34(9-4)22-25;;;/h8,11,14-15,17,19-20,22-23H,6-7,9-10,12-13,16,18,21H2,1-5H3,(H,31,35)(H,32,33);1H2;2*1H/b27-8-;;;/t23-,30?;;;/m1.../s1. The lowest BCUT2D eigenvalue weighted by molar-refractivity contribution is 0.0956. The Morgan fingerprint density at radius 3 is 2.75 bits per heavy atom. The highest BCUT2D eigenvalue weighted by Crippen LogP contribution is 2.37. The SMILES string of the molecule is C/C=C(/CNC(=O)c1ccn(CC)c1)NC1=NC(C)(c2cccc([C@H](CC)CCCC)c2)CCC1.O.[HH].[HH]. The van der Waals surface area contributed by atoms with Gasteiger partial charge < -0.3 is 20.7 Å². The molecule has 0 bridgehead atoms. The molecule has 0 aliphatic carbocycles. The molecule has 0 saturated carbocycles. The minimum absolute atomic E-state index is 0. The Hall–Kier alpha value is -2.86. The largest absolute Gasteiger partial charge is 0.412 e. The molecule has 6 nitrogen and oxygen atoms in total. The summed E-state index contributed by atoms with van der Waals surface area (Å²) in [4.78, 5) is 17.8. The molecule has 1 aliphatic rings. The quantitative estimate of drug-likeness (QED) is 0.366. The molecule has 2 atom stereocenters. The molecule has 1 aliphatic heterocycles. The fourth-order valence-corrected chi connectivity index (χ4v) is 4.95. The van der Waals surface area contributed by atoms with Gasteiger partial charge in [-0.15, -0.1) is 0 Å². The van der Waals surface area contributed by atoms with Crippen LogP contribution in [0.15, 0.2) is 59.5 Å². The number of hydrogen-bond donors (Lipinski definition) is 2. The van der Waals surface area contributed by atoms with Gasteiger partial charge in [-0.2, -0.15) is 0 Å². The van der Waals surface area contributed by atoms with Crippen molar-refractivity contribution in [1.82, 2.24) is 15.2 Å². The molecule has 1 unspecified atom stereocenters. The molecule has 0 saturated heterocycles. The lowest BCUT2D eigenvalue weighted by Crippen LogP contribution is -2.36. The van der Waals surface area contributed by atoms with E-state index < -0.39 is 0 Å². The number of amidine groups is 1. The fourth-order valence-electron chi connectivity index (χ4n) is 4.95. The van der Waals surface area contributed by atoms with Gasteiger partial charge in [0, 0.05) is 33.9 Å². The summed E-state index contributed by atoms with van der Waals surface area (Å²) in [6.45, 7) is 12.2. The van der Waals surface area contributed by atoms with Crippen molar-refractivity contribution < 1.29 is 13.1 Å². The fraction of sp³-hybridized carbons (Fsp3) is 0.533. The molecule has 0 radical (unpaired) electrons. The maximum Gasteiger partial charge on any atom is 0.253 e. The number of aryl methyl sites for hydroxylation is 1. The van der Waals surface area contributed by atoms with Crippen molar-refractivity contribution in [3.63, 3.8) is 0 Å². The van der Waals surface area contributed by atoms with Crippen molar-refractivity contribution in [2.75, 3.05) is 6.54 Å². The highest BCUT2D eigenvalue weighted by molar-refractivity contribution is 5.94. The average molecular weight is 499 g/mol. The third-order valence-electron chi connectivity index (χ3n) is 7.31. The topological polar surface area (TPSA) is 89.9 Å². The molecule has 36 heavy (non-hydrogen) atoms. The summed E-state index contributed by atoms with van der Waals surface area (Å²) >= 11 is 0. The summed E-state index contributed by atoms with van der Waals surface area (Å²) in [5.74, 6) is 1.57. The van der Waals surface area contributed by atoms with Gasteiger partial charge in [-0.3, -0.25) is 9.79 Å². The number of benzene rings is 1. The molecular formula is C30H50N4O2. The molecule has 2 aromatic rings. The van der Waals surface area contributed by atoms with E-state index in [9.17, 15) is 4.79 Å².